The van der Waals surface area contributed by atoms with E-state index in [1.807, 2.05) is 32.9 Å². The Morgan fingerprint density at radius 3 is 2.41 bits per heavy atom. The molecule has 3 aromatic rings. The standard InChI is InChI=1S/C21H23N3O3/c1-4-15(3)22-19(25)13-23-18-8-6-5-7-17(18)20(26)24(21(23)27)16-11-9-14(2)10-12-16/h5-12,15H,4,13H2,1-3H3,(H,22,25)/t15-/m0/s1. The molecule has 27 heavy (non-hydrogen) atoms. The topological polar surface area (TPSA) is 73.1 Å². The van der Waals surface area contributed by atoms with Crippen LogP contribution in [0.1, 0.15) is 25.8 Å². The van der Waals surface area contributed by atoms with Gasteiger partial charge in [-0.1, -0.05) is 36.8 Å². The quantitative estimate of drug-likeness (QED) is 0.754. The van der Waals surface area contributed by atoms with Gasteiger partial charge in [0, 0.05) is 6.04 Å². The maximum atomic E-state index is 13.1. The molecule has 6 nitrogen and oxygen atoms in total. The molecule has 140 valence electrons. The lowest BCUT2D eigenvalue weighted by Crippen LogP contribution is -2.43. The number of fused-ring (bicyclic) bond motifs is 1. The van der Waals surface area contributed by atoms with Gasteiger partial charge in [-0.25, -0.2) is 9.36 Å². The number of carbonyl (C=O) groups is 1. The number of para-hydroxylation sites is 1. The van der Waals surface area contributed by atoms with E-state index >= 15 is 0 Å². The van der Waals surface area contributed by atoms with E-state index in [9.17, 15) is 14.4 Å². The first kappa shape index (κ1) is 18.6. The van der Waals surface area contributed by atoms with Crippen LogP contribution < -0.4 is 16.6 Å². The highest BCUT2D eigenvalue weighted by molar-refractivity contribution is 5.82. The van der Waals surface area contributed by atoms with Crippen molar-refractivity contribution < 1.29 is 4.79 Å². The van der Waals surface area contributed by atoms with E-state index in [0.717, 1.165) is 16.6 Å². The van der Waals surface area contributed by atoms with Gasteiger partial charge in [-0.3, -0.25) is 14.2 Å². The molecule has 0 bridgehead atoms. The van der Waals surface area contributed by atoms with Crippen LogP contribution in [0.5, 0.6) is 0 Å². The summed E-state index contributed by atoms with van der Waals surface area (Å²) in [7, 11) is 0. The van der Waals surface area contributed by atoms with Crippen molar-refractivity contribution in [3.63, 3.8) is 0 Å². The van der Waals surface area contributed by atoms with E-state index in [1.165, 1.54) is 4.57 Å². The minimum atomic E-state index is -0.526. The Morgan fingerprint density at radius 2 is 1.74 bits per heavy atom. The van der Waals surface area contributed by atoms with Gasteiger partial charge in [0.1, 0.15) is 6.54 Å². The molecule has 1 N–H and O–H groups in total. The van der Waals surface area contributed by atoms with Crippen molar-refractivity contribution in [2.75, 3.05) is 0 Å². The number of benzene rings is 2. The molecule has 0 unspecified atom stereocenters. The van der Waals surface area contributed by atoms with Crippen LogP contribution in [0.2, 0.25) is 0 Å². The molecular weight excluding hydrogens is 342 g/mol. The molecule has 0 saturated heterocycles. The van der Waals surface area contributed by atoms with Crippen molar-refractivity contribution in [2.24, 2.45) is 0 Å². The predicted octanol–water partition coefficient (Wildman–Crippen LogP) is 2.38. The van der Waals surface area contributed by atoms with Gasteiger partial charge in [0.2, 0.25) is 5.91 Å². The summed E-state index contributed by atoms with van der Waals surface area (Å²) in [5.41, 5.74) is 1.05. The third kappa shape index (κ3) is 3.69. The predicted molar refractivity (Wildman–Crippen MR) is 106 cm³/mol. The first-order valence-corrected chi connectivity index (χ1v) is 9.03. The van der Waals surface area contributed by atoms with E-state index in [1.54, 1.807) is 36.4 Å². The molecule has 0 radical (unpaired) electrons. The fourth-order valence-corrected chi connectivity index (χ4v) is 2.96. The Labute approximate surface area is 157 Å². The summed E-state index contributed by atoms with van der Waals surface area (Å²) >= 11 is 0. The molecule has 0 aliphatic rings. The first-order chi connectivity index (χ1) is 12.9. The van der Waals surface area contributed by atoms with Gasteiger partial charge in [-0.2, -0.15) is 0 Å². The van der Waals surface area contributed by atoms with Crippen LogP contribution in [0.4, 0.5) is 0 Å². The Bertz CT molecular complexity index is 1090. The normalized spacial score (nSPS) is 12.1. The summed E-state index contributed by atoms with van der Waals surface area (Å²) in [4.78, 5) is 38.5. The summed E-state index contributed by atoms with van der Waals surface area (Å²) in [6, 6.07) is 14.0. The van der Waals surface area contributed by atoms with Gasteiger partial charge < -0.3 is 5.32 Å². The Kier molecular flexibility index (Phi) is 5.26. The highest BCUT2D eigenvalue weighted by atomic mass is 16.2. The molecule has 3 rings (SSSR count). The number of carbonyl (C=O) groups excluding carboxylic acids is 1. The van der Waals surface area contributed by atoms with Gasteiger partial charge in [0.25, 0.3) is 5.56 Å². The van der Waals surface area contributed by atoms with Crippen LogP contribution in [0.25, 0.3) is 16.6 Å². The van der Waals surface area contributed by atoms with Crippen LogP contribution in [0.3, 0.4) is 0 Å². The number of amides is 1. The van der Waals surface area contributed by atoms with Crippen molar-refractivity contribution in [3.05, 3.63) is 74.9 Å². The molecule has 6 heteroatoms. The second kappa shape index (κ2) is 7.61. The highest BCUT2D eigenvalue weighted by Gasteiger charge is 2.16. The summed E-state index contributed by atoms with van der Waals surface area (Å²) in [6.07, 6.45) is 0.796. The Balaban J connectivity index is 2.20. The second-order valence-electron chi connectivity index (χ2n) is 6.74. The SMILES string of the molecule is CC[C@H](C)NC(=O)Cn1c(=O)n(-c2ccc(C)cc2)c(=O)c2ccccc21. The van der Waals surface area contributed by atoms with Gasteiger partial charge in [-0.05, 0) is 44.5 Å². The van der Waals surface area contributed by atoms with Gasteiger partial charge in [0.05, 0.1) is 16.6 Å². The van der Waals surface area contributed by atoms with E-state index in [0.29, 0.717) is 16.6 Å². The van der Waals surface area contributed by atoms with Gasteiger partial charge >= 0.3 is 5.69 Å². The number of aryl methyl sites for hydroxylation is 1. The van der Waals surface area contributed by atoms with Crippen molar-refractivity contribution in [1.82, 2.24) is 14.5 Å². The molecule has 1 aromatic heterocycles. The largest absolute Gasteiger partial charge is 0.352 e. The summed E-state index contributed by atoms with van der Waals surface area (Å²) in [6.45, 7) is 5.68. The van der Waals surface area contributed by atoms with Crippen LogP contribution in [-0.4, -0.2) is 21.1 Å². The summed E-state index contributed by atoms with van der Waals surface area (Å²) < 4.78 is 2.48. The van der Waals surface area contributed by atoms with E-state index in [-0.39, 0.29) is 18.5 Å². The molecule has 0 fully saturated rings. The monoisotopic (exact) mass is 365 g/mol. The van der Waals surface area contributed by atoms with E-state index < -0.39 is 11.2 Å². The zero-order valence-electron chi connectivity index (χ0n) is 15.7. The number of hydrogen-bond acceptors (Lipinski definition) is 3. The third-order valence-electron chi connectivity index (χ3n) is 4.66. The third-order valence-corrected chi connectivity index (χ3v) is 4.66. The molecule has 1 amide bonds. The lowest BCUT2D eigenvalue weighted by Gasteiger charge is -2.16. The molecule has 1 heterocycles. The minimum Gasteiger partial charge on any atom is -0.352 e. The Morgan fingerprint density at radius 1 is 1.07 bits per heavy atom. The van der Waals surface area contributed by atoms with Crippen LogP contribution >= 0.6 is 0 Å². The van der Waals surface area contributed by atoms with Crippen molar-refractivity contribution in [3.8, 4) is 5.69 Å². The first-order valence-electron chi connectivity index (χ1n) is 9.03. The molecule has 0 aliphatic heterocycles. The Hall–Kier alpha value is -3.15. The van der Waals surface area contributed by atoms with Crippen molar-refractivity contribution >= 4 is 16.8 Å². The minimum absolute atomic E-state index is 0.0162. The molecule has 0 saturated carbocycles. The van der Waals surface area contributed by atoms with Gasteiger partial charge in [-0.15, -0.1) is 0 Å². The number of hydrogen-bond donors (Lipinski definition) is 1. The molecule has 2 aromatic carbocycles. The van der Waals surface area contributed by atoms with E-state index in [4.69, 9.17) is 0 Å². The average molecular weight is 365 g/mol. The van der Waals surface area contributed by atoms with E-state index in [2.05, 4.69) is 5.32 Å². The second-order valence-corrected chi connectivity index (χ2v) is 6.74. The lowest BCUT2D eigenvalue weighted by molar-refractivity contribution is -0.122. The van der Waals surface area contributed by atoms with Crippen LogP contribution in [0, 0.1) is 6.92 Å². The highest BCUT2D eigenvalue weighted by Crippen LogP contribution is 2.11. The number of aromatic nitrogens is 2. The van der Waals surface area contributed by atoms with Crippen molar-refractivity contribution in [2.45, 2.75) is 39.8 Å². The fourth-order valence-electron chi connectivity index (χ4n) is 2.96. The molecule has 1 atom stereocenters. The number of rotatable bonds is 5. The molecular formula is C21H23N3O3. The maximum Gasteiger partial charge on any atom is 0.336 e. The smallest absolute Gasteiger partial charge is 0.336 e. The zero-order chi connectivity index (χ0) is 19.6. The van der Waals surface area contributed by atoms with Crippen LogP contribution in [-0.2, 0) is 11.3 Å². The average Bonchev–Trinajstić information content (AvgIpc) is 2.66. The fraction of sp³-hybridized carbons (Fsp3) is 0.286. The number of nitrogens with one attached hydrogen (secondary N) is 1. The molecule has 0 aliphatic carbocycles. The van der Waals surface area contributed by atoms with Crippen LogP contribution in [0.15, 0.2) is 58.1 Å². The van der Waals surface area contributed by atoms with Crippen molar-refractivity contribution in [1.29, 1.82) is 0 Å². The zero-order valence-corrected chi connectivity index (χ0v) is 15.7. The maximum absolute atomic E-state index is 13.1. The summed E-state index contributed by atoms with van der Waals surface area (Å²) in [5, 5.41) is 3.26. The molecule has 0 spiro atoms. The number of nitrogens with zero attached hydrogens (tertiary/aromatic N) is 2. The van der Waals surface area contributed by atoms with Gasteiger partial charge in [0.15, 0.2) is 0 Å². The summed E-state index contributed by atoms with van der Waals surface area (Å²) in [5.74, 6) is -0.259. The lowest BCUT2D eigenvalue weighted by atomic mass is 10.2.